The van der Waals surface area contributed by atoms with Gasteiger partial charge in [-0.15, -0.1) is 0 Å². The van der Waals surface area contributed by atoms with E-state index in [1.807, 2.05) is 69.0 Å². The van der Waals surface area contributed by atoms with Crippen molar-refractivity contribution in [3.63, 3.8) is 0 Å². The van der Waals surface area contributed by atoms with Gasteiger partial charge in [0.15, 0.2) is 5.60 Å². The normalized spacial score (nSPS) is 29.5. The number of nitrogens with zero attached hydrogens (tertiary/aromatic N) is 2. The first-order chi connectivity index (χ1) is 19.7. The number of ether oxygens (including phenoxy) is 2. The van der Waals surface area contributed by atoms with Gasteiger partial charge in [0, 0.05) is 29.5 Å². The molecule has 0 saturated carbocycles. The van der Waals surface area contributed by atoms with Crippen LogP contribution in [0.15, 0.2) is 42.5 Å². The molecule has 2 aromatic carbocycles. The number of benzene rings is 2. The van der Waals surface area contributed by atoms with Crippen molar-refractivity contribution in [3.8, 4) is 5.75 Å². The lowest BCUT2D eigenvalue weighted by atomic mass is 9.70. The lowest BCUT2D eigenvalue weighted by molar-refractivity contribution is -0.152. The second kappa shape index (κ2) is 9.66. The zero-order valence-corrected chi connectivity index (χ0v) is 25.6. The number of hydrogen-bond donors (Lipinski definition) is 2. The SMILES string of the molecule is COc1cc2c3c(c1)[C@@]1(O[C@H](CC(=O)N4Cc5ccccc5C[C@H]4CO)[C@@H](C(C)(C)O)[C@@H]1C)C(=O)N3C(C)(C)C=C2C. The summed E-state index contributed by atoms with van der Waals surface area (Å²) in [6.45, 7) is 11.7. The minimum atomic E-state index is -1.39. The molecule has 5 atom stereocenters. The average Bonchev–Trinajstić information content (AvgIpc) is 3.37. The number of aliphatic hydroxyl groups is 2. The Kier molecular flexibility index (Phi) is 6.65. The number of aliphatic hydroxyl groups excluding tert-OH is 1. The molecule has 8 heteroatoms. The molecule has 2 amide bonds. The van der Waals surface area contributed by atoms with E-state index in [0.29, 0.717) is 18.7 Å². The highest BCUT2D eigenvalue weighted by Crippen LogP contribution is 2.62. The lowest BCUT2D eigenvalue weighted by Gasteiger charge is -2.39. The first-order valence-electron chi connectivity index (χ1n) is 14.9. The van der Waals surface area contributed by atoms with Crippen molar-refractivity contribution in [1.29, 1.82) is 0 Å². The van der Waals surface area contributed by atoms with Crippen LogP contribution in [0.2, 0.25) is 0 Å². The number of carbonyl (C=O) groups excluding carboxylic acids is 2. The zero-order chi connectivity index (χ0) is 30.4. The quantitative estimate of drug-likeness (QED) is 0.556. The number of hydrogen-bond acceptors (Lipinski definition) is 6. The molecule has 2 aromatic rings. The van der Waals surface area contributed by atoms with Gasteiger partial charge in [0.25, 0.3) is 5.91 Å². The van der Waals surface area contributed by atoms with Crippen molar-refractivity contribution in [1.82, 2.24) is 4.90 Å². The van der Waals surface area contributed by atoms with Crippen molar-refractivity contribution < 1.29 is 29.3 Å². The van der Waals surface area contributed by atoms with E-state index in [1.54, 1.807) is 25.9 Å². The summed E-state index contributed by atoms with van der Waals surface area (Å²) in [7, 11) is 1.61. The molecule has 1 fully saturated rings. The Bertz CT molecular complexity index is 1490. The Labute approximate surface area is 247 Å². The van der Waals surface area contributed by atoms with Gasteiger partial charge in [-0.2, -0.15) is 0 Å². The van der Waals surface area contributed by atoms with Crippen LogP contribution < -0.4 is 9.64 Å². The predicted molar refractivity (Wildman–Crippen MR) is 160 cm³/mol. The number of anilines is 1. The summed E-state index contributed by atoms with van der Waals surface area (Å²) in [6.07, 6.45) is 1.92. The standard InChI is InChI=1S/C34H42N2O6/c1-19-16-32(3,4)36-30-25(19)13-24(41-7)14-26(30)34(31(36)39)20(2)29(33(5,6)40)27(42-34)15-28(38)35-17-22-11-9-8-10-21(22)12-23(35)18-37/h8-11,13-14,16,20,23,27,29,37,40H,12,15,17-18H2,1-7H3/t20-,23-,27+,29-,34+/m0/s1. The van der Waals surface area contributed by atoms with Crippen LogP contribution in [0.1, 0.15) is 70.2 Å². The van der Waals surface area contributed by atoms with Crippen LogP contribution in [0.25, 0.3) is 5.57 Å². The smallest absolute Gasteiger partial charge is 0.265 e. The summed E-state index contributed by atoms with van der Waals surface area (Å²) in [5.41, 5.74) is 2.46. The summed E-state index contributed by atoms with van der Waals surface area (Å²) in [4.78, 5) is 32.3. The molecular formula is C34H42N2O6. The summed E-state index contributed by atoms with van der Waals surface area (Å²) in [5, 5.41) is 21.7. The van der Waals surface area contributed by atoms with E-state index in [0.717, 1.165) is 33.5 Å². The highest BCUT2D eigenvalue weighted by atomic mass is 16.5. The van der Waals surface area contributed by atoms with E-state index in [2.05, 4.69) is 6.08 Å². The molecule has 0 unspecified atom stereocenters. The van der Waals surface area contributed by atoms with Gasteiger partial charge in [-0.3, -0.25) is 14.5 Å². The molecule has 224 valence electrons. The van der Waals surface area contributed by atoms with Crippen molar-refractivity contribution in [2.75, 3.05) is 18.6 Å². The maximum Gasteiger partial charge on any atom is 0.265 e. The Morgan fingerprint density at radius 1 is 1.19 bits per heavy atom. The molecule has 42 heavy (non-hydrogen) atoms. The van der Waals surface area contributed by atoms with Crippen LogP contribution in [0, 0.1) is 11.8 Å². The van der Waals surface area contributed by atoms with Crippen LogP contribution in [0.4, 0.5) is 5.69 Å². The Morgan fingerprint density at radius 2 is 1.88 bits per heavy atom. The molecule has 0 aromatic heterocycles. The highest BCUT2D eigenvalue weighted by molar-refractivity contribution is 6.12. The van der Waals surface area contributed by atoms with E-state index >= 15 is 0 Å². The summed E-state index contributed by atoms with van der Waals surface area (Å²) in [5.74, 6) is -0.689. The maximum atomic E-state index is 14.7. The van der Waals surface area contributed by atoms with Gasteiger partial charge in [0.1, 0.15) is 5.75 Å². The summed E-state index contributed by atoms with van der Waals surface area (Å²) < 4.78 is 12.6. The molecule has 1 spiro atoms. The summed E-state index contributed by atoms with van der Waals surface area (Å²) >= 11 is 0. The molecule has 2 N–H and O–H groups in total. The number of amides is 2. The predicted octanol–water partition coefficient (Wildman–Crippen LogP) is 4.19. The zero-order valence-electron chi connectivity index (χ0n) is 25.6. The first kappa shape index (κ1) is 28.9. The molecule has 8 nitrogen and oxygen atoms in total. The summed E-state index contributed by atoms with van der Waals surface area (Å²) in [6, 6.07) is 11.5. The number of carbonyl (C=O) groups is 2. The fourth-order valence-electron chi connectivity index (χ4n) is 8.27. The number of allylic oxidation sites excluding steroid dienone is 1. The first-order valence-corrected chi connectivity index (χ1v) is 14.9. The van der Waals surface area contributed by atoms with E-state index in [-0.39, 0.29) is 30.9 Å². The molecule has 0 bridgehead atoms. The highest BCUT2D eigenvalue weighted by Gasteiger charge is 2.68. The van der Waals surface area contributed by atoms with Crippen LogP contribution in [0.3, 0.4) is 0 Å². The molecule has 0 radical (unpaired) electrons. The van der Waals surface area contributed by atoms with Crippen LogP contribution in [-0.4, -0.2) is 63.9 Å². The number of rotatable bonds is 5. The Morgan fingerprint density at radius 3 is 2.52 bits per heavy atom. The van der Waals surface area contributed by atoms with Gasteiger partial charge >= 0.3 is 0 Å². The third-order valence-electron chi connectivity index (χ3n) is 10.0. The molecular weight excluding hydrogens is 532 g/mol. The molecule has 6 rings (SSSR count). The fraction of sp³-hybridized carbons (Fsp3) is 0.529. The van der Waals surface area contributed by atoms with Gasteiger partial charge in [-0.05, 0) is 69.9 Å². The van der Waals surface area contributed by atoms with Gasteiger partial charge in [0.2, 0.25) is 5.91 Å². The van der Waals surface area contributed by atoms with E-state index in [1.165, 1.54) is 0 Å². The van der Waals surface area contributed by atoms with Crippen LogP contribution in [-0.2, 0) is 32.9 Å². The van der Waals surface area contributed by atoms with Crippen LogP contribution >= 0.6 is 0 Å². The molecule has 0 aliphatic carbocycles. The van der Waals surface area contributed by atoms with E-state index in [4.69, 9.17) is 9.47 Å². The maximum absolute atomic E-state index is 14.7. The lowest BCUT2D eigenvalue weighted by Crippen LogP contribution is -2.53. The Balaban J connectivity index is 1.42. The average molecular weight is 575 g/mol. The van der Waals surface area contributed by atoms with Crippen molar-refractivity contribution in [3.05, 3.63) is 64.7 Å². The fourth-order valence-corrected chi connectivity index (χ4v) is 8.27. The largest absolute Gasteiger partial charge is 0.497 e. The van der Waals surface area contributed by atoms with Crippen molar-refractivity contribution in [2.45, 2.75) is 89.8 Å². The molecule has 4 heterocycles. The number of fused-ring (bicyclic) bond motifs is 2. The van der Waals surface area contributed by atoms with Gasteiger partial charge < -0.3 is 24.6 Å². The Hall–Kier alpha value is -3.20. The monoisotopic (exact) mass is 574 g/mol. The van der Waals surface area contributed by atoms with Gasteiger partial charge in [0.05, 0.1) is 49.1 Å². The number of methoxy groups -OCH3 is 1. The third-order valence-corrected chi connectivity index (χ3v) is 10.0. The van der Waals surface area contributed by atoms with E-state index in [9.17, 15) is 19.8 Å². The molecule has 1 saturated heterocycles. The topological polar surface area (TPSA) is 99.5 Å². The van der Waals surface area contributed by atoms with Crippen LogP contribution in [0.5, 0.6) is 5.75 Å². The van der Waals surface area contributed by atoms with Crippen molar-refractivity contribution in [2.24, 2.45) is 11.8 Å². The molecule has 4 aliphatic rings. The van der Waals surface area contributed by atoms with E-state index < -0.39 is 34.7 Å². The van der Waals surface area contributed by atoms with Gasteiger partial charge in [-0.1, -0.05) is 37.3 Å². The minimum absolute atomic E-state index is 0.0144. The van der Waals surface area contributed by atoms with Gasteiger partial charge in [-0.25, -0.2) is 0 Å². The van der Waals surface area contributed by atoms with Crippen molar-refractivity contribution >= 4 is 23.1 Å². The third kappa shape index (κ3) is 4.06. The second-order valence-electron chi connectivity index (χ2n) is 13.6. The molecule has 4 aliphatic heterocycles. The second-order valence-corrected chi connectivity index (χ2v) is 13.6. The minimum Gasteiger partial charge on any atom is -0.497 e.